The predicted octanol–water partition coefficient (Wildman–Crippen LogP) is 4.24. The zero-order valence-corrected chi connectivity index (χ0v) is 11.6. The van der Waals surface area contributed by atoms with E-state index in [9.17, 15) is 0 Å². The van der Waals surface area contributed by atoms with E-state index in [1.54, 1.807) is 11.8 Å². The van der Waals surface area contributed by atoms with E-state index in [0.29, 0.717) is 6.61 Å². The maximum atomic E-state index is 5.82. The van der Waals surface area contributed by atoms with E-state index in [0.717, 1.165) is 5.75 Å². The quantitative estimate of drug-likeness (QED) is 0.657. The van der Waals surface area contributed by atoms with E-state index >= 15 is 0 Å². The molecule has 3 heteroatoms. The topological polar surface area (TPSA) is 13.6 Å². The first-order valence-electron chi connectivity index (χ1n) is 6.17. The van der Waals surface area contributed by atoms with E-state index in [4.69, 9.17) is 4.74 Å². The van der Waals surface area contributed by atoms with Gasteiger partial charge in [0.1, 0.15) is 12.4 Å². The van der Waals surface area contributed by atoms with Gasteiger partial charge in [-0.05, 0) is 30.0 Å². The third-order valence-electron chi connectivity index (χ3n) is 3.02. The Bertz CT molecular complexity index is 676. The van der Waals surface area contributed by atoms with Gasteiger partial charge >= 0.3 is 0 Å². The summed E-state index contributed by atoms with van der Waals surface area (Å²) in [6.07, 6.45) is 6.23. The average molecular weight is 269 g/mol. The number of nitrogens with zero attached hydrogens (tertiary/aromatic N) is 1. The molecule has 0 fully saturated rings. The predicted molar refractivity (Wildman–Crippen MR) is 80.0 cm³/mol. The summed E-state index contributed by atoms with van der Waals surface area (Å²) in [4.78, 5) is 1.26. The van der Waals surface area contributed by atoms with Crippen molar-refractivity contribution in [1.82, 2.24) is 4.40 Å². The lowest BCUT2D eigenvalue weighted by Crippen LogP contribution is -1.96. The van der Waals surface area contributed by atoms with Gasteiger partial charge in [0.05, 0.1) is 6.20 Å². The van der Waals surface area contributed by atoms with Gasteiger partial charge in [0.25, 0.3) is 0 Å². The van der Waals surface area contributed by atoms with Crippen LogP contribution in [0.4, 0.5) is 0 Å². The summed E-state index contributed by atoms with van der Waals surface area (Å²) in [7, 11) is 0. The first kappa shape index (κ1) is 12.2. The van der Waals surface area contributed by atoms with Crippen molar-refractivity contribution < 1.29 is 4.74 Å². The van der Waals surface area contributed by atoms with Crippen LogP contribution in [0.1, 0.15) is 5.56 Å². The Kier molecular flexibility index (Phi) is 3.47. The molecule has 19 heavy (non-hydrogen) atoms. The van der Waals surface area contributed by atoms with Crippen LogP contribution in [0, 0.1) is 0 Å². The van der Waals surface area contributed by atoms with Crippen molar-refractivity contribution >= 4 is 17.3 Å². The van der Waals surface area contributed by atoms with Crippen molar-refractivity contribution in [2.24, 2.45) is 0 Å². The SMILES string of the molecule is CSc1cc2ccc(OCc3ccccc3)cn2c1. The number of ether oxygens (including phenoxy) is 1. The summed E-state index contributed by atoms with van der Waals surface area (Å²) < 4.78 is 7.92. The highest BCUT2D eigenvalue weighted by Crippen LogP contribution is 2.22. The fourth-order valence-electron chi connectivity index (χ4n) is 2.00. The third kappa shape index (κ3) is 2.76. The van der Waals surface area contributed by atoms with Crippen molar-refractivity contribution in [2.45, 2.75) is 11.5 Å². The summed E-state index contributed by atoms with van der Waals surface area (Å²) in [5.74, 6) is 0.889. The second-order valence-corrected chi connectivity index (χ2v) is 5.23. The summed E-state index contributed by atoms with van der Waals surface area (Å²) in [5, 5.41) is 0. The Hall–Kier alpha value is -1.87. The van der Waals surface area contributed by atoms with E-state index in [1.807, 2.05) is 30.5 Å². The summed E-state index contributed by atoms with van der Waals surface area (Å²) in [6.45, 7) is 0.600. The average Bonchev–Trinajstić information content (AvgIpc) is 2.88. The summed E-state index contributed by atoms with van der Waals surface area (Å²) >= 11 is 1.75. The lowest BCUT2D eigenvalue weighted by atomic mass is 10.2. The fraction of sp³-hybridized carbons (Fsp3) is 0.125. The van der Waals surface area contributed by atoms with Crippen LogP contribution in [0.5, 0.6) is 5.75 Å². The largest absolute Gasteiger partial charge is 0.487 e. The second kappa shape index (κ2) is 5.41. The Balaban J connectivity index is 1.78. The van der Waals surface area contributed by atoms with Crippen molar-refractivity contribution in [3.05, 3.63) is 66.5 Å². The third-order valence-corrected chi connectivity index (χ3v) is 3.72. The normalized spacial score (nSPS) is 10.8. The van der Waals surface area contributed by atoms with Crippen LogP contribution in [0.15, 0.2) is 65.8 Å². The van der Waals surface area contributed by atoms with Gasteiger partial charge in [-0.15, -0.1) is 11.8 Å². The maximum Gasteiger partial charge on any atom is 0.136 e. The Morgan fingerprint density at radius 1 is 1.05 bits per heavy atom. The van der Waals surface area contributed by atoms with Crippen molar-refractivity contribution in [3.8, 4) is 5.75 Å². The molecule has 0 radical (unpaired) electrons. The van der Waals surface area contributed by atoms with Gasteiger partial charge in [-0.3, -0.25) is 0 Å². The summed E-state index contributed by atoms with van der Waals surface area (Å²) in [6, 6.07) is 16.5. The number of benzene rings is 1. The molecule has 3 aromatic rings. The molecule has 0 aliphatic carbocycles. The number of pyridine rings is 1. The molecule has 0 unspecified atom stereocenters. The van der Waals surface area contributed by atoms with Gasteiger partial charge in [-0.2, -0.15) is 0 Å². The zero-order valence-electron chi connectivity index (χ0n) is 10.7. The number of thioether (sulfide) groups is 1. The number of hydrogen-bond donors (Lipinski definition) is 0. The van der Waals surface area contributed by atoms with Crippen LogP contribution in [-0.4, -0.2) is 10.7 Å². The first-order valence-corrected chi connectivity index (χ1v) is 7.40. The van der Waals surface area contributed by atoms with Crippen LogP contribution >= 0.6 is 11.8 Å². The summed E-state index contributed by atoms with van der Waals surface area (Å²) in [5.41, 5.74) is 2.37. The fourth-order valence-corrected chi connectivity index (χ4v) is 2.46. The number of rotatable bonds is 4. The Morgan fingerprint density at radius 3 is 2.68 bits per heavy atom. The smallest absolute Gasteiger partial charge is 0.136 e. The molecule has 0 aliphatic rings. The molecule has 1 aromatic carbocycles. The molecular weight excluding hydrogens is 254 g/mol. The molecule has 0 saturated heterocycles. The monoisotopic (exact) mass is 269 g/mol. The number of fused-ring (bicyclic) bond motifs is 1. The van der Waals surface area contributed by atoms with Gasteiger partial charge < -0.3 is 9.14 Å². The van der Waals surface area contributed by atoms with Crippen molar-refractivity contribution in [2.75, 3.05) is 6.26 Å². The molecule has 0 saturated carbocycles. The van der Waals surface area contributed by atoms with E-state index in [1.165, 1.54) is 16.0 Å². The molecule has 3 rings (SSSR count). The molecule has 2 nitrogen and oxygen atoms in total. The van der Waals surface area contributed by atoms with Crippen LogP contribution in [0.3, 0.4) is 0 Å². The second-order valence-electron chi connectivity index (χ2n) is 4.35. The molecule has 2 heterocycles. The lowest BCUT2D eigenvalue weighted by Gasteiger charge is -2.06. The van der Waals surface area contributed by atoms with Gasteiger partial charge in [0, 0.05) is 16.6 Å². The van der Waals surface area contributed by atoms with Crippen molar-refractivity contribution in [1.29, 1.82) is 0 Å². The van der Waals surface area contributed by atoms with E-state index in [2.05, 4.69) is 41.1 Å². The van der Waals surface area contributed by atoms with E-state index in [-0.39, 0.29) is 0 Å². The molecule has 0 aliphatic heterocycles. The highest BCUT2D eigenvalue weighted by atomic mass is 32.2. The van der Waals surface area contributed by atoms with Crippen molar-refractivity contribution in [3.63, 3.8) is 0 Å². The molecule has 0 amide bonds. The van der Waals surface area contributed by atoms with Gasteiger partial charge in [0.2, 0.25) is 0 Å². The highest BCUT2D eigenvalue weighted by Gasteiger charge is 2.01. The molecule has 0 atom stereocenters. The van der Waals surface area contributed by atoms with Gasteiger partial charge in [-0.1, -0.05) is 30.3 Å². The zero-order chi connectivity index (χ0) is 13.1. The molecule has 2 aromatic heterocycles. The Labute approximate surface area is 117 Å². The molecule has 96 valence electrons. The maximum absolute atomic E-state index is 5.82. The molecule has 0 bridgehead atoms. The molecular formula is C16H15NOS. The number of aromatic nitrogens is 1. The standard InChI is InChI=1S/C16H15NOS/c1-19-16-9-14-7-8-15(10-17(14)11-16)18-12-13-5-3-2-4-6-13/h2-11H,12H2,1H3. The van der Waals surface area contributed by atoms with Gasteiger partial charge in [-0.25, -0.2) is 0 Å². The minimum Gasteiger partial charge on any atom is -0.487 e. The van der Waals surface area contributed by atoms with Crippen LogP contribution < -0.4 is 4.74 Å². The van der Waals surface area contributed by atoms with Crippen LogP contribution in [-0.2, 0) is 6.61 Å². The molecule has 0 N–H and O–H groups in total. The van der Waals surface area contributed by atoms with Crippen LogP contribution in [0.25, 0.3) is 5.52 Å². The highest BCUT2D eigenvalue weighted by molar-refractivity contribution is 7.98. The minimum absolute atomic E-state index is 0.600. The van der Waals surface area contributed by atoms with Gasteiger partial charge in [0.15, 0.2) is 0 Å². The number of hydrogen-bond acceptors (Lipinski definition) is 2. The first-order chi connectivity index (χ1) is 9.35. The minimum atomic E-state index is 0.600. The van der Waals surface area contributed by atoms with E-state index < -0.39 is 0 Å². The Morgan fingerprint density at radius 2 is 1.89 bits per heavy atom. The lowest BCUT2D eigenvalue weighted by molar-refractivity contribution is 0.304. The molecule has 0 spiro atoms. The van der Waals surface area contributed by atoms with Crippen LogP contribution in [0.2, 0.25) is 0 Å².